The maximum absolute atomic E-state index is 6.14. The molecule has 0 bridgehead atoms. The summed E-state index contributed by atoms with van der Waals surface area (Å²) in [7, 11) is 0. The standard InChI is InChI=1S/C19H26O5/c1-5-11-20-18-17-16(23-19(3,4)24-17)15(13(2)22-18)21-12-14-9-7-6-8-10-14/h5-10,13,15-18H,1,11-12H2,2-4H3/t13-,15+,16?,17?,18-/m1/s1. The zero-order chi connectivity index (χ0) is 17.2. The minimum atomic E-state index is -0.688. The van der Waals surface area contributed by atoms with Crippen LogP contribution in [0.4, 0.5) is 0 Å². The molecule has 2 heterocycles. The lowest BCUT2D eigenvalue weighted by Gasteiger charge is -2.40. The van der Waals surface area contributed by atoms with Gasteiger partial charge in [0.25, 0.3) is 0 Å². The number of ether oxygens (including phenoxy) is 5. The van der Waals surface area contributed by atoms with Gasteiger partial charge in [-0.25, -0.2) is 0 Å². The van der Waals surface area contributed by atoms with Crippen LogP contribution in [0.15, 0.2) is 43.0 Å². The predicted octanol–water partition coefficient (Wildman–Crippen LogP) is 3.04. The first-order chi connectivity index (χ1) is 11.5. The van der Waals surface area contributed by atoms with Gasteiger partial charge in [0, 0.05) is 0 Å². The molecular weight excluding hydrogens is 308 g/mol. The van der Waals surface area contributed by atoms with Gasteiger partial charge in [0.15, 0.2) is 12.1 Å². The third kappa shape index (κ3) is 3.87. The van der Waals surface area contributed by atoms with Gasteiger partial charge in [-0.05, 0) is 26.3 Å². The number of benzene rings is 1. The van der Waals surface area contributed by atoms with Crippen molar-refractivity contribution in [3.8, 4) is 0 Å². The van der Waals surface area contributed by atoms with Crippen LogP contribution in [0.3, 0.4) is 0 Å². The largest absolute Gasteiger partial charge is 0.368 e. The highest BCUT2D eigenvalue weighted by atomic mass is 16.8. The second-order valence-electron chi connectivity index (χ2n) is 6.66. The highest BCUT2D eigenvalue weighted by molar-refractivity contribution is 5.13. The molecular formula is C19H26O5. The van der Waals surface area contributed by atoms with Crippen molar-refractivity contribution in [2.75, 3.05) is 6.61 Å². The van der Waals surface area contributed by atoms with Crippen molar-refractivity contribution in [2.45, 2.75) is 63.9 Å². The van der Waals surface area contributed by atoms with Crippen LogP contribution >= 0.6 is 0 Å². The highest BCUT2D eigenvalue weighted by Crippen LogP contribution is 2.39. The summed E-state index contributed by atoms with van der Waals surface area (Å²) in [5.41, 5.74) is 1.12. The number of fused-ring (bicyclic) bond motifs is 1. The molecule has 0 amide bonds. The first-order valence-corrected chi connectivity index (χ1v) is 8.39. The van der Waals surface area contributed by atoms with E-state index in [-0.39, 0.29) is 24.4 Å². The Bertz CT molecular complexity index is 544. The normalized spacial score (nSPS) is 34.7. The fourth-order valence-corrected chi connectivity index (χ4v) is 3.21. The van der Waals surface area contributed by atoms with Crippen molar-refractivity contribution < 1.29 is 23.7 Å². The van der Waals surface area contributed by atoms with Crippen molar-refractivity contribution in [3.05, 3.63) is 48.6 Å². The second kappa shape index (κ2) is 7.33. The van der Waals surface area contributed by atoms with Crippen LogP contribution in [-0.4, -0.2) is 43.1 Å². The summed E-state index contributed by atoms with van der Waals surface area (Å²) in [6.45, 7) is 10.4. The summed E-state index contributed by atoms with van der Waals surface area (Å²) >= 11 is 0. The van der Waals surface area contributed by atoms with Crippen LogP contribution in [0.2, 0.25) is 0 Å². The van der Waals surface area contributed by atoms with E-state index in [0.717, 1.165) is 5.56 Å². The van der Waals surface area contributed by atoms with E-state index in [1.165, 1.54) is 0 Å². The van der Waals surface area contributed by atoms with Crippen molar-refractivity contribution in [3.63, 3.8) is 0 Å². The molecule has 0 saturated carbocycles. The third-order valence-corrected chi connectivity index (χ3v) is 4.23. The summed E-state index contributed by atoms with van der Waals surface area (Å²) in [5.74, 6) is -0.688. The fourth-order valence-electron chi connectivity index (χ4n) is 3.21. The third-order valence-electron chi connectivity index (χ3n) is 4.23. The van der Waals surface area contributed by atoms with E-state index in [0.29, 0.717) is 13.2 Å². The molecule has 5 atom stereocenters. The highest BCUT2D eigenvalue weighted by Gasteiger charge is 2.55. The molecule has 1 aromatic carbocycles. The molecule has 2 aliphatic heterocycles. The summed E-state index contributed by atoms with van der Waals surface area (Å²) in [6, 6.07) is 10.1. The van der Waals surface area contributed by atoms with Crippen molar-refractivity contribution in [1.29, 1.82) is 0 Å². The molecule has 0 aliphatic carbocycles. The van der Waals surface area contributed by atoms with Crippen LogP contribution < -0.4 is 0 Å². The van der Waals surface area contributed by atoms with E-state index < -0.39 is 12.1 Å². The smallest absolute Gasteiger partial charge is 0.187 e. The lowest BCUT2D eigenvalue weighted by molar-refractivity contribution is -0.276. The van der Waals surface area contributed by atoms with Gasteiger partial charge in [-0.15, -0.1) is 6.58 Å². The van der Waals surface area contributed by atoms with Crippen LogP contribution in [-0.2, 0) is 30.3 Å². The van der Waals surface area contributed by atoms with Crippen molar-refractivity contribution in [1.82, 2.24) is 0 Å². The summed E-state index contributed by atoms with van der Waals surface area (Å²) < 4.78 is 30.0. The lowest BCUT2D eigenvalue weighted by atomic mass is 9.99. The Morgan fingerprint density at radius 2 is 1.83 bits per heavy atom. The topological polar surface area (TPSA) is 46.2 Å². The minimum Gasteiger partial charge on any atom is -0.368 e. The number of hydrogen-bond acceptors (Lipinski definition) is 5. The molecule has 3 rings (SSSR count). The minimum absolute atomic E-state index is 0.165. The predicted molar refractivity (Wildman–Crippen MR) is 89.3 cm³/mol. The molecule has 0 aromatic heterocycles. The van der Waals surface area contributed by atoms with Crippen LogP contribution in [0, 0.1) is 0 Å². The Labute approximate surface area is 143 Å². The second-order valence-corrected chi connectivity index (χ2v) is 6.66. The van der Waals surface area contributed by atoms with Gasteiger partial charge in [-0.2, -0.15) is 0 Å². The number of rotatable bonds is 6. The van der Waals surface area contributed by atoms with Crippen molar-refractivity contribution >= 4 is 0 Å². The van der Waals surface area contributed by atoms with E-state index in [2.05, 4.69) is 6.58 Å². The van der Waals surface area contributed by atoms with Crippen LogP contribution in [0.25, 0.3) is 0 Å². The van der Waals surface area contributed by atoms with Crippen LogP contribution in [0.1, 0.15) is 26.3 Å². The molecule has 2 unspecified atom stereocenters. The van der Waals surface area contributed by atoms with Crippen molar-refractivity contribution in [2.24, 2.45) is 0 Å². The Morgan fingerprint density at radius 1 is 1.12 bits per heavy atom. The maximum Gasteiger partial charge on any atom is 0.187 e. The summed E-state index contributed by atoms with van der Waals surface area (Å²) in [6.07, 6.45) is 0.269. The monoisotopic (exact) mass is 334 g/mol. The molecule has 5 heteroatoms. The fraction of sp³-hybridized carbons (Fsp3) is 0.579. The summed E-state index contributed by atoms with van der Waals surface area (Å²) in [5, 5.41) is 0. The van der Waals surface area contributed by atoms with E-state index in [1.807, 2.05) is 51.1 Å². The van der Waals surface area contributed by atoms with E-state index in [4.69, 9.17) is 23.7 Å². The Kier molecular flexibility index (Phi) is 5.37. The molecule has 5 nitrogen and oxygen atoms in total. The Morgan fingerprint density at radius 3 is 2.54 bits per heavy atom. The van der Waals surface area contributed by atoms with Gasteiger partial charge in [0.05, 0.1) is 19.3 Å². The summed E-state index contributed by atoms with van der Waals surface area (Å²) in [4.78, 5) is 0. The SMILES string of the molecule is C=CCO[C@@H]1O[C@H](C)[C@H](OCc2ccccc2)C2OC(C)(C)OC21. The van der Waals surface area contributed by atoms with Gasteiger partial charge < -0.3 is 23.7 Å². The maximum atomic E-state index is 6.14. The average Bonchev–Trinajstić information content (AvgIpc) is 2.88. The molecule has 2 aliphatic rings. The Balaban J connectivity index is 1.71. The van der Waals surface area contributed by atoms with Crippen LogP contribution in [0.5, 0.6) is 0 Å². The zero-order valence-electron chi connectivity index (χ0n) is 14.5. The van der Waals surface area contributed by atoms with E-state index in [1.54, 1.807) is 6.08 Å². The molecule has 2 fully saturated rings. The quantitative estimate of drug-likeness (QED) is 0.748. The van der Waals surface area contributed by atoms with Gasteiger partial charge in [0.2, 0.25) is 0 Å². The number of hydrogen-bond donors (Lipinski definition) is 0. The zero-order valence-corrected chi connectivity index (χ0v) is 14.5. The van der Waals surface area contributed by atoms with Gasteiger partial charge in [-0.1, -0.05) is 36.4 Å². The first kappa shape index (κ1) is 17.6. The molecule has 1 aromatic rings. The van der Waals surface area contributed by atoms with E-state index in [9.17, 15) is 0 Å². The van der Waals surface area contributed by atoms with Gasteiger partial charge in [0.1, 0.15) is 18.3 Å². The molecule has 24 heavy (non-hydrogen) atoms. The molecule has 0 N–H and O–H groups in total. The molecule has 2 saturated heterocycles. The Hall–Kier alpha value is -1.24. The molecule has 0 radical (unpaired) electrons. The first-order valence-electron chi connectivity index (χ1n) is 8.39. The van der Waals surface area contributed by atoms with Gasteiger partial charge >= 0.3 is 0 Å². The molecule has 132 valence electrons. The molecule has 0 spiro atoms. The van der Waals surface area contributed by atoms with E-state index >= 15 is 0 Å². The lowest BCUT2D eigenvalue weighted by Crippen LogP contribution is -2.56. The average molecular weight is 334 g/mol. The van der Waals surface area contributed by atoms with Gasteiger partial charge in [-0.3, -0.25) is 0 Å².